The van der Waals surface area contributed by atoms with Crippen molar-refractivity contribution >= 4 is 23.5 Å². The summed E-state index contributed by atoms with van der Waals surface area (Å²) in [5, 5.41) is 16.7. The Morgan fingerprint density at radius 1 is 1.33 bits per heavy atom. The van der Waals surface area contributed by atoms with Crippen molar-refractivity contribution in [1.29, 1.82) is 0 Å². The van der Waals surface area contributed by atoms with Gasteiger partial charge in [0.25, 0.3) is 0 Å². The summed E-state index contributed by atoms with van der Waals surface area (Å²) in [5.41, 5.74) is 0. The van der Waals surface area contributed by atoms with Gasteiger partial charge < -0.3 is 15.0 Å². The standard InChI is InChI=1S/CH2O3.Al.Na/c2-1(3)4;;/h(H2,2,3,4);;/q;+3;+1/p-2. The van der Waals surface area contributed by atoms with Crippen LogP contribution in [0.25, 0.3) is 0 Å². The molecule has 3 nitrogen and oxygen atoms in total. The van der Waals surface area contributed by atoms with Crippen molar-refractivity contribution in [2.24, 2.45) is 0 Å². The summed E-state index contributed by atoms with van der Waals surface area (Å²) in [6.45, 7) is 0. The third-order valence-electron chi connectivity index (χ3n) is 0. The first kappa shape index (κ1) is 15.8. The van der Waals surface area contributed by atoms with Crippen LogP contribution in [-0.2, 0) is 0 Å². The molecule has 0 heterocycles. The maximum absolute atomic E-state index is 8.33. The van der Waals surface area contributed by atoms with Crippen molar-refractivity contribution in [2.75, 3.05) is 0 Å². The Morgan fingerprint density at radius 2 is 1.33 bits per heavy atom. The van der Waals surface area contributed by atoms with Crippen LogP contribution >= 0.6 is 0 Å². The molecular weight excluding hydrogens is 110 g/mol. The second kappa shape index (κ2) is 9.26. The van der Waals surface area contributed by atoms with Crippen LogP contribution in [0.5, 0.6) is 0 Å². The number of carboxylic acid groups (broad SMARTS) is 2. The predicted molar refractivity (Wildman–Crippen MR) is 11.1 cm³/mol. The smallest absolute Gasteiger partial charge is 0.652 e. The molecule has 0 saturated carbocycles. The fourth-order valence-corrected chi connectivity index (χ4v) is 0. The topological polar surface area (TPSA) is 63.2 Å². The second-order valence-corrected chi connectivity index (χ2v) is 0.250. The molecule has 0 aromatic heterocycles. The van der Waals surface area contributed by atoms with E-state index in [2.05, 4.69) is 0 Å². The molecule has 0 aliphatic rings. The van der Waals surface area contributed by atoms with Crippen LogP contribution in [0.1, 0.15) is 0 Å². The molecule has 0 unspecified atom stereocenters. The van der Waals surface area contributed by atoms with Crippen molar-refractivity contribution in [3.8, 4) is 0 Å². The molecule has 0 bridgehead atoms. The minimum absolute atomic E-state index is 0. The zero-order valence-electron chi connectivity index (χ0n) is 3.30. The molecule has 0 atom stereocenters. The van der Waals surface area contributed by atoms with Crippen molar-refractivity contribution in [2.45, 2.75) is 0 Å². The Kier molecular flexibility index (Phi) is 24.4. The van der Waals surface area contributed by atoms with Crippen LogP contribution in [0.15, 0.2) is 0 Å². The molecule has 5 heteroatoms. The molecule has 0 radical (unpaired) electrons. The van der Waals surface area contributed by atoms with E-state index < -0.39 is 6.16 Å². The first-order valence-electron chi connectivity index (χ1n) is 0.612. The average Bonchev–Trinajstić information content (AvgIpc) is 0.811. The maximum Gasteiger partial charge on any atom is 3.00 e. The number of carbonyl (C=O) groups excluding carboxylic acids is 1. The van der Waals surface area contributed by atoms with Crippen LogP contribution in [0, 0.1) is 0 Å². The summed E-state index contributed by atoms with van der Waals surface area (Å²) >= 11 is 0. The molecule has 0 aliphatic carbocycles. The minimum atomic E-state index is -2.33. The molecule has 0 spiro atoms. The Labute approximate surface area is 67.8 Å². The number of hydrogen-bond donors (Lipinski definition) is 0. The normalized spacial score (nSPS) is 4.00. The van der Waals surface area contributed by atoms with Crippen LogP contribution in [0.2, 0.25) is 0 Å². The molecule has 0 saturated heterocycles. The Balaban J connectivity index is -0.0000000450. The van der Waals surface area contributed by atoms with Gasteiger partial charge in [0.1, 0.15) is 0 Å². The van der Waals surface area contributed by atoms with Gasteiger partial charge in [-0.15, -0.1) is 0 Å². The van der Waals surface area contributed by atoms with Crippen LogP contribution in [-0.4, -0.2) is 23.5 Å². The van der Waals surface area contributed by atoms with E-state index in [1.165, 1.54) is 0 Å². The zero-order chi connectivity index (χ0) is 3.58. The van der Waals surface area contributed by atoms with Gasteiger partial charge in [0.2, 0.25) is 0 Å². The molecular formula is CAlNaO3+2. The van der Waals surface area contributed by atoms with Crippen molar-refractivity contribution in [3.05, 3.63) is 0 Å². The Bertz CT molecular complexity index is 33.8. The Morgan fingerprint density at radius 3 is 1.33 bits per heavy atom. The molecule has 24 valence electrons. The third-order valence-corrected chi connectivity index (χ3v) is 0. The number of hydrogen-bond acceptors (Lipinski definition) is 3. The van der Waals surface area contributed by atoms with E-state index in [1.807, 2.05) is 0 Å². The summed E-state index contributed by atoms with van der Waals surface area (Å²) < 4.78 is 0. The predicted octanol–water partition coefficient (Wildman–Crippen LogP) is -5.82. The van der Waals surface area contributed by atoms with E-state index in [0.717, 1.165) is 0 Å². The van der Waals surface area contributed by atoms with Crippen LogP contribution < -0.4 is 39.8 Å². The second-order valence-electron chi connectivity index (χ2n) is 0.250. The van der Waals surface area contributed by atoms with Gasteiger partial charge in [-0.25, -0.2) is 0 Å². The molecule has 0 aliphatic heterocycles. The van der Waals surface area contributed by atoms with Crippen molar-refractivity contribution in [1.82, 2.24) is 0 Å². The molecule has 0 N–H and O–H groups in total. The fraction of sp³-hybridized carbons (Fsp3) is 0. The van der Waals surface area contributed by atoms with E-state index in [9.17, 15) is 0 Å². The van der Waals surface area contributed by atoms with Gasteiger partial charge in [0.05, 0.1) is 0 Å². The van der Waals surface area contributed by atoms with Gasteiger partial charge in [0.15, 0.2) is 0 Å². The largest absolute Gasteiger partial charge is 3.00 e. The summed E-state index contributed by atoms with van der Waals surface area (Å²) in [7, 11) is 0. The van der Waals surface area contributed by atoms with Gasteiger partial charge in [-0.3, -0.25) is 0 Å². The number of rotatable bonds is 0. The SMILES string of the molecule is O=C([O-])[O-].[Al+3].[Na+]. The molecule has 0 aromatic carbocycles. The van der Waals surface area contributed by atoms with Crippen molar-refractivity contribution in [3.63, 3.8) is 0 Å². The summed E-state index contributed by atoms with van der Waals surface area (Å²) in [4.78, 5) is 8.33. The van der Waals surface area contributed by atoms with Gasteiger partial charge in [-0.05, 0) is 6.16 Å². The van der Waals surface area contributed by atoms with Crippen LogP contribution in [0.4, 0.5) is 4.79 Å². The van der Waals surface area contributed by atoms with Crippen LogP contribution in [0.3, 0.4) is 0 Å². The molecule has 0 amide bonds. The Hall–Kier alpha value is 0.802. The summed E-state index contributed by atoms with van der Waals surface area (Å²) in [5.74, 6) is 0. The number of carbonyl (C=O) groups is 1. The summed E-state index contributed by atoms with van der Waals surface area (Å²) in [6.07, 6.45) is -2.33. The molecule has 6 heavy (non-hydrogen) atoms. The zero-order valence-corrected chi connectivity index (χ0v) is 6.46. The van der Waals surface area contributed by atoms with E-state index in [4.69, 9.17) is 15.0 Å². The molecule has 0 rings (SSSR count). The van der Waals surface area contributed by atoms with Gasteiger partial charge in [-0.2, -0.15) is 0 Å². The van der Waals surface area contributed by atoms with E-state index in [0.29, 0.717) is 0 Å². The summed E-state index contributed by atoms with van der Waals surface area (Å²) in [6, 6.07) is 0. The van der Waals surface area contributed by atoms with Crippen molar-refractivity contribution < 1.29 is 44.6 Å². The van der Waals surface area contributed by atoms with Gasteiger partial charge >= 0.3 is 46.9 Å². The average molecular weight is 110 g/mol. The minimum Gasteiger partial charge on any atom is -0.652 e. The molecule has 0 aromatic rings. The maximum atomic E-state index is 8.33. The monoisotopic (exact) mass is 110 g/mol. The van der Waals surface area contributed by atoms with E-state index >= 15 is 0 Å². The van der Waals surface area contributed by atoms with E-state index in [-0.39, 0.29) is 46.9 Å². The first-order chi connectivity index (χ1) is 1.73. The first-order valence-corrected chi connectivity index (χ1v) is 0.612. The quantitative estimate of drug-likeness (QED) is 0.292. The fourth-order valence-electron chi connectivity index (χ4n) is 0. The van der Waals surface area contributed by atoms with Gasteiger partial charge in [0, 0.05) is 0 Å². The van der Waals surface area contributed by atoms with E-state index in [1.54, 1.807) is 0 Å². The molecule has 0 fully saturated rings. The third kappa shape index (κ3) is 108. The van der Waals surface area contributed by atoms with Gasteiger partial charge in [-0.1, -0.05) is 0 Å².